The zero-order valence-electron chi connectivity index (χ0n) is 14.1. The first-order valence-corrected chi connectivity index (χ1v) is 9.09. The van der Waals surface area contributed by atoms with Gasteiger partial charge in [0.1, 0.15) is 11.6 Å². The molecular weight excluding hydrogens is 351 g/mol. The number of benzene rings is 2. The molecule has 0 aliphatic rings. The Labute approximate surface area is 154 Å². The minimum atomic E-state index is -0.407. The maximum Gasteiger partial charge on any atom is 0.165 e. The molecule has 0 amide bonds. The van der Waals surface area contributed by atoms with Gasteiger partial charge >= 0.3 is 0 Å². The Balaban J connectivity index is 1.83. The summed E-state index contributed by atoms with van der Waals surface area (Å²) in [6.45, 7) is 0.704. The Bertz CT molecular complexity index is 1060. The fourth-order valence-corrected chi connectivity index (χ4v) is 3.73. The SMILES string of the molecule is COc1cc(-c2nc3ccc(O)cc3n2CCc2cccs2)ccc1F. The first-order chi connectivity index (χ1) is 12.7. The number of aryl methyl sites for hydroxylation is 2. The molecule has 1 N–H and O–H groups in total. The largest absolute Gasteiger partial charge is 0.508 e. The highest BCUT2D eigenvalue weighted by Crippen LogP contribution is 2.30. The highest BCUT2D eigenvalue weighted by Gasteiger charge is 2.15. The number of methoxy groups -OCH3 is 1. The van der Waals surface area contributed by atoms with E-state index in [1.54, 1.807) is 41.7 Å². The normalized spacial score (nSPS) is 11.2. The molecule has 0 aliphatic carbocycles. The molecule has 4 aromatic rings. The molecule has 2 heterocycles. The maximum atomic E-state index is 13.8. The van der Waals surface area contributed by atoms with Gasteiger partial charge in [0.2, 0.25) is 0 Å². The van der Waals surface area contributed by atoms with Crippen LogP contribution < -0.4 is 4.74 Å². The molecule has 4 nitrogen and oxygen atoms in total. The quantitative estimate of drug-likeness (QED) is 0.547. The molecule has 0 radical (unpaired) electrons. The van der Waals surface area contributed by atoms with E-state index >= 15 is 0 Å². The number of nitrogens with zero attached hydrogens (tertiary/aromatic N) is 2. The summed E-state index contributed by atoms with van der Waals surface area (Å²) in [7, 11) is 1.44. The molecule has 0 aliphatic heterocycles. The summed E-state index contributed by atoms with van der Waals surface area (Å²) in [4.78, 5) is 5.98. The van der Waals surface area contributed by atoms with Crippen LogP contribution >= 0.6 is 11.3 Å². The zero-order chi connectivity index (χ0) is 18.1. The Morgan fingerprint density at radius 3 is 2.85 bits per heavy atom. The molecule has 132 valence electrons. The summed E-state index contributed by atoms with van der Waals surface area (Å²) in [5.41, 5.74) is 2.40. The number of phenolic OH excluding ortho intramolecular Hbond substituents is 1. The van der Waals surface area contributed by atoms with Crippen molar-refractivity contribution in [2.45, 2.75) is 13.0 Å². The Morgan fingerprint density at radius 1 is 1.19 bits per heavy atom. The number of rotatable bonds is 5. The van der Waals surface area contributed by atoms with Gasteiger partial charge in [-0.2, -0.15) is 0 Å². The fraction of sp³-hybridized carbons (Fsp3) is 0.150. The molecule has 2 aromatic carbocycles. The minimum absolute atomic E-state index is 0.183. The monoisotopic (exact) mass is 368 g/mol. The van der Waals surface area contributed by atoms with Crippen LogP contribution in [0.3, 0.4) is 0 Å². The van der Waals surface area contributed by atoms with E-state index in [1.165, 1.54) is 18.1 Å². The van der Waals surface area contributed by atoms with E-state index in [0.717, 1.165) is 28.8 Å². The van der Waals surface area contributed by atoms with Crippen LogP contribution in [0.15, 0.2) is 53.9 Å². The van der Waals surface area contributed by atoms with Gasteiger partial charge in [-0.05, 0) is 48.2 Å². The lowest BCUT2D eigenvalue weighted by molar-refractivity contribution is 0.386. The highest BCUT2D eigenvalue weighted by molar-refractivity contribution is 7.09. The van der Waals surface area contributed by atoms with E-state index in [0.29, 0.717) is 6.54 Å². The Kier molecular flexibility index (Phi) is 4.34. The second kappa shape index (κ2) is 6.80. The third-order valence-electron chi connectivity index (χ3n) is 4.30. The summed E-state index contributed by atoms with van der Waals surface area (Å²) >= 11 is 1.71. The average Bonchev–Trinajstić information content (AvgIpc) is 3.28. The number of aromatic hydroxyl groups is 1. The topological polar surface area (TPSA) is 47.3 Å². The molecule has 6 heteroatoms. The van der Waals surface area contributed by atoms with Gasteiger partial charge in [-0.25, -0.2) is 9.37 Å². The van der Waals surface area contributed by atoms with Gasteiger partial charge in [0.25, 0.3) is 0 Å². The smallest absolute Gasteiger partial charge is 0.165 e. The molecular formula is C20H17FN2O2S. The number of imidazole rings is 1. The lowest BCUT2D eigenvalue weighted by Gasteiger charge is -2.10. The molecule has 4 rings (SSSR count). The third kappa shape index (κ3) is 3.04. The maximum absolute atomic E-state index is 13.8. The summed E-state index contributed by atoms with van der Waals surface area (Å²) in [5.74, 6) is 0.691. The van der Waals surface area contributed by atoms with E-state index in [2.05, 4.69) is 16.0 Å². The molecule has 0 atom stereocenters. The molecule has 0 bridgehead atoms. The first-order valence-electron chi connectivity index (χ1n) is 8.21. The van der Waals surface area contributed by atoms with E-state index in [-0.39, 0.29) is 11.5 Å². The number of aromatic nitrogens is 2. The second-order valence-electron chi connectivity index (χ2n) is 5.94. The van der Waals surface area contributed by atoms with Crippen molar-refractivity contribution in [3.63, 3.8) is 0 Å². The molecule has 0 saturated heterocycles. The zero-order valence-corrected chi connectivity index (χ0v) is 15.0. The standard InChI is InChI=1S/C20H17FN2O2S/c1-25-19-11-13(4-6-16(19)21)20-22-17-7-5-14(24)12-18(17)23(20)9-8-15-3-2-10-26-15/h2-7,10-12,24H,8-9H2,1H3. The van der Waals surface area contributed by atoms with Crippen molar-refractivity contribution in [2.75, 3.05) is 7.11 Å². The summed E-state index contributed by atoms with van der Waals surface area (Å²) < 4.78 is 21.0. The van der Waals surface area contributed by atoms with Gasteiger partial charge in [0.15, 0.2) is 11.6 Å². The molecule has 0 spiro atoms. The van der Waals surface area contributed by atoms with Crippen LogP contribution in [0.25, 0.3) is 22.4 Å². The summed E-state index contributed by atoms with van der Waals surface area (Å²) in [6.07, 6.45) is 0.851. The number of halogens is 1. The van der Waals surface area contributed by atoms with Crippen LogP contribution in [-0.2, 0) is 13.0 Å². The van der Waals surface area contributed by atoms with Gasteiger partial charge < -0.3 is 14.4 Å². The lowest BCUT2D eigenvalue weighted by Crippen LogP contribution is -2.03. The number of ether oxygens (including phenoxy) is 1. The van der Waals surface area contributed by atoms with Crippen molar-refractivity contribution in [1.29, 1.82) is 0 Å². The number of fused-ring (bicyclic) bond motifs is 1. The first kappa shape index (κ1) is 16.6. The molecule has 0 saturated carbocycles. The molecule has 0 unspecified atom stereocenters. The second-order valence-corrected chi connectivity index (χ2v) is 6.97. The van der Waals surface area contributed by atoms with Gasteiger partial charge in [-0.3, -0.25) is 0 Å². The average molecular weight is 368 g/mol. The van der Waals surface area contributed by atoms with Crippen LogP contribution in [0.2, 0.25) is 0 Å². The minimum Gasteiger partial charge on any atom is -0.508 e. The van der Waals surface area contributed by atoms with E-state index in [9.17, 15) is 9.50 Å². The molecule has 0 fully saturated rings. The number of thiophene rings is 1. The van der Waals surface area contributed by atoms with Crippen molar-refractivity contribution >= 4 is 22.4 Å². The van der Waals surface area contributed by atoms with Crippen molar-refractivity contribution in [2.24, 2.45) is 0 Å². The fourth-order valence-electron chi connectivity index (χ4n) is 3.03. The van der Waals surface area contributed by atoms with Crippen LogP contribution in [0, 0.1) is 5.82 Å². The van der Waals surface area contributed by atoms with Crippen molar-refractivity contribution in [3.05, 3.63) is 64.6 Å². The van der Waals surface area contributed by atoms with E-state index in [4.69, 9.17) is 9.72 Å². The molecule has 2 aromatic heterocycles. The van der Waals surface area contributed by atoms with Crippen LogP contribution in [0.5, 0.6) is 11.5 Å². The van der Waals surface area contributed by atoms with E-state index in [1.807, 2.05) is 6.07 Å². The van der Waals surface area contributed by atoms with Gasteiger partial charge in [-0.1, -0.05) is 6.07 Å². The van der Waals surface area contributed by atoms with Crippen LogP contribution in [0.1, 0.15) is 4.88 Å². The van der Waals surface area contributed by atoms with Crippen LogP contribution in [0.4, 0.5) is 4.39 Å². The lowest BCUT2D eigenvalue weighted by atomic mass is 10.2. The number of hydrogen-bond donors (Lipinski definition) is 1. The predicted molar refractivity (Wildman–Crippen MR) is 101 cm³/mol. The van der Waals surface area contributed by atoms with Gasteiger partial charge in [-0.15, -0.1) is 11.3 Å². The van der Waals surface area contributed by atoms with E-state index < -0.39 is 5.82 Å². The van der Waals surface area contributed by atoms with Crippen LogP contribution in [-0.4, -0.2) is 21.8 Å². The van der Waals surface area contributed by atoms with Crippen molar-refractivity contribution in [1.82, 2.24) is 9.55 Å². The van der Waals surface area contributed by atoms with Crippen molar-refractivity contribution < 1.29 is 14.2 Å². The van der Waals surface area contributed by atoms with Gasteiger partial charge in [0.05, 0.1) is 18.1 Å². The predicted octanol–water partition coefficient (Wildman–Crippen LogP) is 4.86. The Morgan fingerprint density at radius 2 is 2.08 bits per heavy atom. The summed E-state index contributed by atoms with van der Waals surface area (Å²) in [6, 6.07) is 14.0. The highest BCUT2D eigenvalue weighted by atomic mass is 32.1. The molecule has 26 heavy (non-hydrogen) atoms. The van der Waals surface area contributed by atoms with Gasteiger partial charge in [0, 0.05) is 23.1 Å². The summed E-state index contributed by atoms with van der Waals surface area (Å²) in [5, 5.41) is 12.0. The van der Waals surface area contributed by atoms with Crippen molar-refractivity contribution in [3.8, 4) is 22.9 Å². The number of phenols is 1. The third-order valence-corrected chi connectivity index (χ3v) is 5.24. The number of hydrogen-bond acceptors (Lipinski definition) is 4. The Hall–Kier alpha value is -2.86.